The molecule has 0 radical (unpaired) electrons. The van der Waals surface area contributed by atoms with Gasteiger partial charge in [-0.05, 0) is 55.2 Å². The highest BCUT2D eigenvalue weighted by atomic mass is 16.5. The zero-order chi connectivity index (χ0) is 23.1. The van der Waals surface area contributed by atoms with Gasteiger partial charge in [0.05, 0.1) is 37.1 Å². The van der Waals surface area contributed by atoms with Gasteiger partial charge in [0.1, 0.15) is 11.5 Å². The minimum Gasteiger partial charge on any atom is -0.497 e. The molecule has 34 heavy (non-hydrogen) atoms. The topological polar surface area (TPSA) is 63.3 Å². The molecule has 6 rings (SSSR count). The zero-order valence-corrected chi connectivity index (χ0v) is 19.3. The van der Waals surface area contributed by atoms with Crippen LogP contribution in [-0.2, 0) is 0 Å². The molecule has 6 nitrogen and oxygen atoms in total. The van der Waals surface area contributed by atoms with Crippen LogP contribution < -0.4 is 14.4 Å². The summed E-state index contributed by atoms with van der Waals surface area (Å²) in [4.78, 5) is 15.3. The number of rotatable bonds is 7. The number of nitrogens with one attached hydrogen (secondary N) is 1. The Morgan fingerprint density at radius 3 is 2.47 bits per heavy atom. The Kier molecular flexibility index (Phi) is 5.06. The number of ether oxygens (including phenoxy) is 2. The third-order valence-corrected chi connectivity index (χ3v) is 6.47. The normalized spacial score (nSPS) is 13.4. The summed E-state index contributed by atoms with van der Waals surface area (Å²) in [6.45, 7) is 0.944. The van der Waals surface area contributed by atoms with E-state index >= 15 is 0 Å². The average molecular weight is 451 g/mol. The van der Waals surface area contributed by atoms with Gasteiger partial charge in [-0.25, -0.2) is 4.98 Å². The molecule has 0 unspecified atom stereocenters. The minimum atomic E-state index is 0.693. The molecule has 170 valence electrons. The summed E-state index contributed by atoms with van der Waals surface area (Å²) < 4.78 is 11.1. The first-order valence-corrected chi connectivity index (χ1v) is 11.5. The maximum absolute atomic E-state index is 5.53. The number of aromatic amines is 1. The van der Waals surface area contributed by atoms with Crippen molar-refractivity contribution in [3.63, 3.8) is 0 Å². The van der Waals surface area contributed by atoms with Crippen LogP contribution in [0.25, 0.3) is 33.2 Å². The molecular formula is C28H26N4O2. The van der Waals surface area contributed by atoms with E-state index in [4.69, 9.17) is 19.4 Å². The molecule has 1 aliphatic carbocycles. The number of hydrogen-bond acceptors (Lipinski definition) is 5. The summed E-state index contributed by atoms with van der Waals surface area (Å²) in [5.41, 5.74) is 6.92. The van der Waals surface area contributed by atoms with Crippen LogP contribution >= 0.6 is 0 Å². The van der Waals surface area contributed by atoms with E-state index in [1.54, 1.807) is 14.2 Å². The number of fused-ring (bicyclic) bond motifs is 2. The van der Waals surface area contributed by atoms with Gasteiger partial charge in [-0.2, -0.15) is 0 Å². The molecule has 3 aromatic carbocycles. The van der Waals surface area contributed by atoms with Crippen LogP contribution in [0.1, 0.15) is 12.8 Å². The summed E-state index contributed by atoms with van der Waals surface area (Å²) in [7, 11) is 3.36. The fourth-order valence-electron chi connectivity index (χ4n) is 4.39. The molecule has 1 N–H and O–H groups in total. The first-order chi connectivity index (χ1) is 16.7. The molecule has 0 spiro atoms. The standard InChI is InChI=1S/C28H26N4O2/c1-33-23-12-22(13-24(15-23)34-2)32(17-18-3-4-18)21-6-8-26-27(14-21)31-28(16-30-26)19-5-7-25-20(11-19)9-10-29-25/h5-16,18,29H,3-4,17H2,1-2H3. The lowest BCUT2D eigenvalue weighted by Gasteiger charge is -2.26. The lowest BCUT2D eigenvalue weighted by molar-refractivity contribution is 0.394. The molecule has 5 aromatic rings. The van der Waals surface area contributed by atoms with Crippen molar-refractivity contribution in [1.29, 1.82) is 0 Å². The Balaban J connectivity index is 1.42. The number of H-pyrrole nitrogens is 1. The van der Waals surface area contributed by atoms with Crippen LogP contribution in [0, 0.1) is 5.92 Å². The third kappa shape index (κ3) is 3.92. The van der Waals surface area contributed by atoms with E-state index in [0.717, 1.165) is 62.6 Å². The molecule has 6 heteroatoms. The minimum absolute atomic E-state index is 0.693. The van der Waals surface area contributed by atoms with Crippen molar-refractivity contribution >= 4 is 33.3 Å². The molecule has 0 aliphatic heterocycles. The SMILES string of the molecule is COc1cc(OC)cc(N(CC2CC2)c2ccc3ncc(-c4ccc5[nH]ccc5c4)nc3c2)c1. The van der Waals surface area contributed by atoms with Crippen molar-refractivity contribution in [3.8, 4) is 22.8 Å². The molecule has 2 aromatic heterocycles. The largest absolute Gasteiger partial charge is 0.497 e. The Labute approximate surface area is 198 Å². The molecule has 0 atom stereocenters. The highest BCUT2D eigenvalue weighted by Crippen LogP contribution is 2.38. The Morgan fingerprint density at radius 1 is 0.882 bits per heavy atom. The van der Waals surface area contributed by atoms with Crippen molar-refractivity contribution in [2.45, 2.75) is 12.8 Å². The predicted molar refractivity (Wildman–Crippen MR) is 136 cm³/mol. The Bertz CT molecular complexity index is 1470. The van der Waals surface area contributed by atoms with Crippen LogP contribution in [-0.4, -0.2) is 35.7 Å². The van der Waals surface area contributed by atoms with Crippen LogP contribution in [0.15, 0.2) is 73.1 Å². The second-order valence-corrected chi connectivity index (χ2v) is 8.83. The van der Waals surface area contributed by atoms with Gasteiger partial charge in [0, 0.05) is 58.8 Å². The number of benzene rings is 3. The van der Waals surface area contributed by atoms with Gasteiger partial charge in [-0.1, -0.05) is 6.07 Å². The molecule has 0 amide bonds. The summed E-state index contributed by atoms with van der Waals surface area (Å²) in [5.74, 6) is 2.25. The molecular weight excluding hydrogens is 424 g/mol. The van der Waals surface area contributed by atoms with Gasteiger partial charge in [-0.3, -0.25) is 4.98 Å². The maximum Gasteiger partial charge on any atom is 0.124 e. The van der Waals surface area contributed by atoms with E-state index in [1.807, 2.05) is 24.5 Å². The van der Waals surface area contributed by atoms with E-state index in [0.29, 0.717) is 5.92 Å². The van der Waals surface area contributed by atoms with E-state index in [-0.39, 0.29) is 0 Å². The molecule has 1 fully saturated rings. The van der Waals surface area contributed by atoms with Gasteiger partial charge >= 0.3 is 0 Å². The monoisotopic (exact) mass is 450 g/mol. The highest BCUT2D eigenvalue weighted by molar-refractivity contribution is 5.86. The van der Waals surface area contributed by atoms with Crippen molar-refractivity contribution in [2.24, 2.45) is 5.92 Å². The summed E-state index contributed by atoms with van der Waals surface area (Å²) in [6, 6.07) is 20.7. The zero-order valence-electron chi connectivity index (χ0n) is 19.3. The molecule has 2 heterocycles. The maximum atomic E-state index is 5.53. The van der Waals surface area contributed by atoms with Gasteiger partial charge in [0.2, 0.25) is 0 Å². The number of methoxy groups -OCH3 is 2. The van der Waals surface area contributed by atoms with Gasteiger partial charge in [0.25, 0.3) is 0 Å². The molecule has 0 saturated heterocycles. The number of anilines is 2. The average Bonchev–Trinajstić information content (AvgIpc) is 3.59. The lowest BCUT2D eigenvalue weighted by Crippen LogP contribution is -2.20. The first kappa shape index (κ1) is 20.5. The number of aromatic nitrogens is 3. The molecule has 0 bridgehead atoms. The van der Waals surface area contributed by atoms with Crippen molar-refractivity contribution in [1.82, 2.24) is 15.0 Å². The van der Waals surface area contributed by atoms with Crippen LogP contribution in [0.4, 0.5) is 11.4 Å². The van der Waals surface area contributed by atoms with Crippen LogP contribution in [0.5, 0.6) is 11.5 Å². The second kappa shape index (κ2) is 8.37. The Morgan fingerprint density at radius 2 is 1.71 bits per heavy atom. The van der Waals surface area contributed by atoms with Gasteiger partial charge in [0.15, 0.2) is 0 Å². The molecule has 1 aliphatic rings. The fraction of sp³-hybridized carbons (Fsp3) is 0.214. The third-order valence-electron chi connectivity index (χ3n) is 6.47. The summed E-state index contributed by atoms with van der Waals surface area (Å²) in [6.07, 6.45) is 6.33. The first-order valence-electron chi connectivity index (χ1n) is 11.5. The second-order valence-electron chi connectivity index (χ2n) is 8.83. The summed E-state index contributed by atoms with van der Waals surface area (Å²) in [5, 5.41) is 1.16. The Hall–Kier alpha value is -4.06. The van der Waals surface area contributed by atoms with E-state index in [1.165, 1.54) is 12.8 Å². The smallest absolute Gasteiger partial charge is 0.124 e. The van der Waals surface area contributed by atoms with E-state index in [9.17, 15) is 0 Å². The van der Waals surface area contributed by atoms with Gasteiger partial charge < -0.3 is 19.4 Å². The summed E-state index contributed by atoms with van der Waals surface area (Å²) >= 11 is 0. The van der Waals surface area contributed by atoms with E-state index in [2.05, 4.69) is 58.4 Å². The highest BCUT2D eigenvalue weighted by Gasteiger charge is 2.26. The predicted octanol–water partition coefficient (Wildman–Crippen LogP) is 6.34. The van der Waals surface area contributed by atoms with Crippen LogP contribution in [0.3, 0.4) is 0 Å². The number of hydrogen-bond donors (Lipinski definition) is 1. The lowest BCUT2D eigenvalue weighted by atomic mass is 10.1. The molecule has 1 saturated carbocycles. The van der Waals surface area contributed by atoms with Crippen LogP contribution in [0.2, 0.25) is 0 Å². The van der Waals surface area contributed by atoms with Crippen molar-refractivity contribution < 1.29 is 9.47 Å². The quantitative estimate of drug-likeness (QED) is 0.313. The number of nitrogens with zero attached hydrogens (tertiary/aromatic N) is 3. The van der Waals surface area contributed by atoms with Gasteiger partial charge in [-0.15, -0.1) is 0 Å². The van der Waals surface area contributed by atoms with Crippen molar-refractivity contribution in [3.05, 3.63) is 73.1 Å². The van der Waals surface area contributed by atoms with E-state index < -0.39 is 0 Å². The van der Waals surface area contributed by atoms with Crippen molar-refractivity contribution in [2.75, 3.05) is 25.7 Å². The fourth-order valence-corrected chi connectivity index (χ4v) is 4.39.